The van der Waals surface area contributed by atoms with Crippen LogP contribution in [0, 0.1) is 0 Å². The van der Waals surface area contributed by atoms with Crippen molar-refractivity contribution >= 4 is 5.97 Å². The first kappa shape index (κ1) is 17.3. The van der Waals surface area contributed by atoms with Gasteiger partial charge in [0.25, 0.3) is 0 Å². The molecule has 0 aromatic carbocycles. The normalized spacial score (nSPS) is 7.09. The molecule has 3 nitrogen and oxygen atoms in total. The maximum atomic E-state index is 10.5. The minimum Gasteiger partial charge on any atom is -1.00 e. The average molecular weight is 172 g/mol. The maximum absolute atomic E-state index is 10.5. The van der Waals surface area contributed by atoms with Gasteiger partial charge in [0, 0.05) is 5.57 Å². The molecule has 1 N–H and O–H groups in total. The molecule has 0 atom stereocenters. The predicted octanol–water partition coefficient (Wildman–Crippen LogP) is -5.89. The quantitative estimate of drug-likeness (QED) is 0.262. The topological polar surface area (TPSA) is 46.5 Å². The summed E-state index contributed by atoms with van der Waals surface area (Å²) in [7, 11) is 0. The molecule has 5 heteroatoms. The Bertz CT molecular complexity index is 127. The molecule has 0 fully saturated rings. The molecule has 0 saturated heterocycles. The van der Waals surface area contributed by atoms with Gasteiger partial charge in [0.05, 0.1) is 6.61 Å². The summed E-state index contributed by atoms with van der Waals surface area (Å²) in [6.07, 6.45) is 0. The van der Waals surface area contributed by atoms with E-state index in [1.54, 1.807) is 6.92 Å². The molecule has 0 rings (SSSR count). The molecule has 0 spiro atoms. The van der Waals surface area contributed by atoms with Crippen molar-refractivity contribution in [2.24, 2.45) is 0 Å². The van der Waals surface area contributed by atoms with Crippen LogP contribution in [0.25, 0.3) is 0 Å². The van der Waals surface area contributed by atoms with Gasteiger partial charge in [-0.3, -0.25) is 0 Å². The number of rotatable bonds is 3. The van der Waals surface area contributed by atoms with Crippen LogP contribution in [-0.2, 0) is 9.53 Å². The first-order chi connectivity index (χ1) is 4.18. The number of ether oxygens (including phenoxy) is 1. The van der Waals surface area contributed by atoms with E-state index >= 15 is 0 Å². The van der Waals surface area contributed by atoms with Gasteiger partial charge in [0.1, 0.15) is 6.61 Å². The first-order valence-electron chi connectivity index (χ1n) is 2.62. The largest absolute Gasteiger partial charge is 1.00 e. The summed E-state index contributed by atoms with van der Waals surface area (Å²) in [5.74, 6) is -0.455. The standard InChI is InChI=1S/C6H10O3.FH.Na/c1-5(2)6(8)9-4-3-7;;/h7H,1,3-4H2,2H3;1H;/q;;+1/p-1. The van der Waals surface area contributed by atoms with Gasteiger partial charge in [-0.25, -0.2) is 4.79 Å². The molecule has 0 amide bonds. The van der Waals surface area contributed by atoms with E-state index in [4.69, 9.17) is 5.11 Å². The summed E-state index contributed by atoms with van der Waals surface area (Å²) in [4.78, 5) is 10.5. The van der Waals surface area contributed by atoms with Gasteiger partial charge in [0.15, 0.2) is 0 Å². The zero-order chi connectivity index (χ0) is 7.28. The Hall–Kier alpha value is 0.1000. The van der Waals surface area contributed by atoms with E-state index in [1.807, 2.05) is 0 Å². The number of esters is 1. The fourth-order valence-electron chi connectivity index (χ4n) is 0.262. The molecule has 0 aromatic heterocycles. The molecule has 0 aliphatic heterocycles. The van der Waals surface area contributed by atoms with Crippen molar-refractivity contribution in [2.45, 2.75) is 6.92 Å². The zero-order valence-electron chi connectivity index (χ0n) is 6.76. The summed E-state index contributed by atoms with van der Waals surface area (Å²) >= 11 is 0. The number of hydrogen-bond acceptors (Lipinski definition) is 3. The van der Waals surface area contributed by atoms with Crippen LogP contribution in [-0.4, -0.2) is 24.3 Å². The molecule has 0 aliphatic carbocycles. The zero-order valence-corrected chi connectivity index (χ0v) is 8.76. The Labute approximate surface area is 87.1 Å². The Kier molecular flexibility index (Phi) is 15.8. The smallest absolute Gasteiger partial charge is 1.00 e. The van der Waals surface area contributed by atoms with Gasteiger partial charge < -0.3 is 14.5 Å². The second kappa shape index (κ2) is 10.1. The van der Waals surface area contributed by atoms with Crippen LogP contribution >= 0.6 is 0 Å². The van der Waals surface area contributed by atoms with Gasteiger partial charge in [0.2, 0.25) is 0 Å². The van der Waals surface area contributed by atoms with Crippen LogP contribution in [0.15, 0.2) is 12.2 Å². The Morgan fingerprint density at radius 3 is 2.36 bits per heavy atom. The fourth-order valence-corrected chi connectivity index (χ4v) is 0.262. The van der Waals surface area contributed by atoms with Crippen molar-refractivity contribution in [1.82, 2.24) is 0 Å². The van der Waals surface area contributed by atoms with E-state index in [-0.39, 0.29) is 47.5 Å². The van der Waals surface area contributed by atoms with Crippen molar-refractivity contribution < 1.29 is 48.9 Å². The molecule has 11 heavy (non-hydrogen) atoms. The number of aliphatic hydroxyl groups excluding tert-OH is 1. The predicted molar refractivity (Wildman–Crippen MR) is 32.9 cm³/mol. The van der Waals surface area contributed by atoms with Gasteiger partial charge >= 0.3 is 35.5 Å². The molecular formula is C6H10FNaO3. The number of aliphatic hydroxyl groups is 1. The molecular weight excluding hydrogens is 162 g/mol. The first-order valence-corrected chi connectivity index (χ1v) is 2.62. The van der Waals surface area contributed by atoms with E-state index in [2.05, 4.69) is 11.3 Å². The van der Waals surface area contributed by atoms with Crippen molar-refractivity contribution in [3.63, 3.8) is 0 Å². The molecule has 60 valence electrons. The van der Waals surface area contributed by atoms with Gasteiger partial charge in [-0.05, 0) is 6.92 Å². The fraction of sp³-hybridized carbons (Fsp3) is 0.500. The van der Waals surface area contributed by atoms with Crippen molar-refractivity contribution in [3.8, 4) is 0 Å². The molecule has 0 aromatic rings. The second-order valence-electron chi connectivity index (χ2n) is 1.64. The molecule has 0 unspecified atom stereocenters. The summed E-state index contributed by atoms with van der Waals surface area (Å²) in [6.45, 7) is 4.81. The molecule has 0 bridgehead atoms. The van der Waals surface area contributed by atoms with Crippen molar-refractivity contribution in [3.05, 3.63) is 12.2 Å². The maximum Gasteiger partial charge on any atom is 1.00 e. The monoisotopic (exact) mass is 172 g/mol. The number of carbonyl (C=O) groups excluding carboxylic acids is 1. The van der Waals surface area contributed by atoms with Crippen molar-refractivity contribution in [2.75, 3.05) is 13.2 Å². The third-order valence-electron chi connectivity index (χ3n) is 0.673. The van der Waals surface area contributed by atoms with E-state index in [1.165, 1.54) is 0 Å². The number of hydrogen-bond donors (Lipinski definition) is 1. The summed E-state index contributed by atoms with van der Waals surface area (Å²) in [6, 6.07) is 0. The SMILES string of the molecule is C=C(C)C(=O)OCCO.[F-].[Na+]. The van der Waals surface area contributed by atoms with Gasteiger partial charge in [-0.2, -0.15) is 0 Å². The summed E-state index contributed by atoms with van der Waals surface area (Å²) in [5.41, 5.74) is 0.350. The molecule has 0 aliphatic rings. The van der Waals surface area contributed by atoms with E-state index in [0.717, 1.165) is 0 Å². The van der Waals surface area contributed by atoms with Gasteiger partial charge in [-0.15, -0.1) is 0 Å². The third kappa shape index (κ3) is 10.1. The van der Waals surface area contributed by atoms with E-state index in [9.17, 15) is 4.79 Å². The van der Waals surface area contributed by atoms with E-state index < -0.39 is 5.97 Å². The summed E-state index contributed by atoms with van der Waals surface area (Å²) < 4.78 is 4.46. The van der Waals surface area contributed by atoms with Gasteiger partial charge in [-0.1, -0.05) is 6.58 Å². The van der Waals surface area contributed by atoms with E-state index in [0.29, 0.717) is 5.57 Å². The Balaban J connectivity index is -0.000000320. The van der Waals surface area contributed by atoms with Crippen LogP contribution in [0.3, 0.4) is 0 Å². The van der Waals surface area contributed by atoms with Crippen LogP contribution < -0.4 is 34.3 Å². The van der Waals surface area contributed by atoms with Crippen LogP contribution in [0.2, 0.25) is 0 Å². The second-order valence-corrected chi connectivity index (χ2v) is 1.64. The minimum absolute atomic E-state index is 0. The Morgan fingerprint density at radius 1 is 1.64 bits per heavy atom. The molecule has 0 heterocycles. The third-order valence-corrected chi connectivity index (χ3v) is 0.673. The van der Waals surface area contributed by atoms with Crippen LogP contribution in [0.4, 0.5) is 0 Å². The molecule has 0 saturated carbocycles. The summed E-state index contributed by atoms with van der Waals surface area (Å²) in [5, 5.41) is 8.19. The Morgan fingerprint density at radius 2 is 2.09 bits per heavy atom. The number of carbonyl (C=O) groups is 1. The number of halogens is 1. The van der Waals surface area contributed by atoms with Crippen LogP contribution in [0.1, 0.15) is 6.92 Å². The van der Waals surface area contributed by atoms with Crippen molar-refractivity contribution in [1.29, 1.82) is 0 Å². The minimum atomic E-state index is -0.455. The van der Waals surface area contributed by atoms with Crippen LogP contribution in [0.5, 0.6) is 0 Å². The average Bonchev–Trinajstić information content (AvgIpc) is 1.82. The molecule has 0 radical (unpaired) electrons.